The largest absolute Gasteiger partial charge is 0.493 e. The van der Waals surface area contributed by atoms with Crippen molar-refractivity contribution in [3.8, 4) is 5.75 Å². The van der Waals surface area contributed by atoms with E-state index in [9.17, 15) is 4.39 Å². The van der Waals surface area contributed by atoms with Gasteiger partial charge in [-0.1, -0.05) is 30.7 Å². The van der Waals surface area contributed by atoms with Crippen LogP contribution in [0.15, 0.2) is 42.5 Å². The zero-order valence-corrected chi connectivity index (χ0v) is 12.8. The third-order valence-electron chi connectivity index (χ3n) is 3.04. The monoisotopic (exact) mass is 307 g/mol. The van der Waals surface area contributed by atoms with Crippen molar-refractivity contribution in [1.29, 1.82) is 0 Å². The van der Waals surface area contributed by atoms with Crippen LogP contribution in [0.25, 0.3) is 0 Å². The highest BCUT2D eigenvalue weighted by atomic mass is 35.5. The number of hydrogen-bond donors (Lipinski definition) is 1. The van der Waals surface area contributed by atoms with E-state index in [1.165, 1.54) is 12.1 Å². The average Bonchev–Trinajstić information content (AvgIpc) is 2.48. The standard InChI is InChI=1S/C17H19ClFNO/c1-2-9-21-17-8-5-15(18)10-14(17)12-20-11-13-3-6-16(19)7-4-13/h3-8,10,20H,2,9,11-12H2,1H3. The molecule has 2 nitrogen and oxygen atoms in total. The van der Waals surface area contributed by atoms with Gasteiger partial charge in [-0.3, -0.25) is 0 Å². The minimum Gasteiger partial charge on any atom is -0.493 e. The Balaban J connectivity index is 1.95. The van der Waals surface area contributed by atoms with Crippen molar-refractivity contribution >= 4 is 11.6 Å². The second kappa shape index (κ2) is 8.01. The zero-order valence-electron chi connectivity index (χ0n) is 12.0. The molecule has 2 aromatic rings. The molecule has 4 heteroatoms. The summed E-state index contributed by atoms with van der Waals surface area (Å²) in [4.78, 5) is 0. The topological polar surface area (TPSA) is 21.3 Å². The third kappa shape index (κ3) is 5.03. The van der Waals surface area contributed by atoms with Gasteiger partial charge in [0, 0.05) is 23.7 Å². The van der Waals surface area contributed by atoms with E-state index in [0.717, 1.165) is 23.3 Å². The average molecular weight is 308 g/mol. The first-order chi connectivity index (χ1) is 10.2. The van der Waals surface area contributed by atoms with Gasteiger partial charge >= 0.3 is 0 Å². The summed E-state index contributed by atoms with van der Waals surface area (Å²) in [5.74, 6) is 0.636. The fraction of sp³-hybridized carbons (Fsp3) is 0.294. The van der Waals surface area contributed by atoms with Gasteiger partial charge in [-0.05, 0) is 42.3 Å². The van der Waals surface area contributed by atoms with Crippen molar-refractivity contribution in [2.45, 2.75) is 26.4 Å². The predicted octanol–water partition coefficient (Wildman–Crippen LogP) is 4.56. The highest BCUT2D eigenvalue weighted by Crippen LogP contribution is 2.23. The molecule has 0 spiro atoms. The number of nitrogens with one attached hydrogen (secondary N) is 1. The van der Waals surface area contributed by atoms with Crippen LogP contribution in [0, 0.1) is 5.82 Å². The van der Waals surface area contributed by atoms with Gasteiger partial charge in [-0.15, -0.1) is 0 Å². The lowest BCUT2D eigenvalue weighted by Crippen LogP contribution is -2.13. The highest BCUT2D eigenvalue weighted by Gasteiger charge is 2.05. The van der Waals surface area contributed by atoms with E-state index in [1.54, 1.807) is 12.1 Å². The van der Waals surface area contributed by atoms with Gasteiger partial charge in [-0.25, -0.2) is 4.39 Å². The molecule has 21 heavy (non-hydrogen) atoms. The lowest BCUT2D eigenvalue weighted by atomic mass is 10.2. The molecule has 0 saturated carbocycles. The molecular formula is C17H19ClFNO. The maximum Gasteiger partial charge on any atom is 0.123 e. The van der Waals surface area contributed by atoms with Gasteiger partial charge in [0.05, 0.1) is 6.61 Å². The Morgan fingerprint density at radius 3 is 2.57 bits per heavy atom. The summed E-state index contributed by atoms with van der Waals surface area (Å²) in [5, 5.41) is 4.01. The third-order valence-corrected chi connectivity index (χ3v) is 3.28. The molecule has 0 aliphatic carbocycles. The van der Waals surface area contributed by atoms with Gasteiger partial charge in [0.15, 0.2) is 0 Å². The fourth-order valence-electron chi connectivity index (χ4n) is 1.98. The van der Waals surface area contributed by atoms with Gasteiger partial charge < -0.3 is 10.1 Å². The van der Waals surface area contributed by atoms with Gasteiger partial charge in [0.25, 0.3) is 0 Å². The molecule has 2 aromatic carbocycles. The van der Waals surface area contributed by atoms with E-state index in [-0.39, 0.29) is 5.82 Å². The van der Waals surface area contributed by atoms with Crippen molar-refractivity contribution in [1.82, 2.24) is 5.32 Å². The molecule has 0 fully saturated rings. The maximum atomic E-state index is 12.8. The molecular weight excluding hydrogens is 289 g/mol. The molecule has 2 rings (SSSR count). The summed E-state index contributed by atoms with van der Waals surface area (Å²) in [6, 6.07) is 12.1. The number of hydrogen-bond acceptors (Lipinski definition) is 2. The van der Waals surface area contributed by atoms with Crippen molar-refractivity contribution in [2.75, 3.05) is 6.61 Å². The summed E-state index contributed by atoms with van der Waals surface area (Å²) >= 11 is 6.04. The summed E-state index contributed by atoms with van der Waals surface area (Å²) in [6.07, 6.45) is 0.963. The molecule has 0 aliphatic rings. The lowest BCUT2D eigenvalue weighted by Gasteiger charge is -2.12. The molecule has 112 valence electrons. The summed E-state index contributed by atoms with van der Waals surface area (Å²) in [5.41, 5.74) is 2.06. The number of benzene rings is 2. The Bertz CT molecular complexity index is 572. The number of halogens is 2. The normalized spacial score (nSPS) is 10.6. The van der Waals surface area contributed by atoms with Gasteiger partial charge in [0.1, 0.15) is 11.6 Å². The smallest absolute Gasteiger partial charge is 0.123 e. The maximum absolute atomic E-state index is 12.8. The first kappa shape index (κ1) is 15.8. The number of ether oxygens (including phenoxy) is 1. The molecule has 0 radical (unpaired) electrons. The summed E-state index contributed by atoms with van der Waals surface area (Å²) in [7, 11) is 0. The van der Waals surface area contributed by atoms with E-state index < -0.39 is 0 Å². The Labute approximate surface area is 129 Å². The zero-order chi connectivity index (χ0) is 15.1. The quantitative estimate of drug-likeness (QED) is 0.810. The van der Waals surface area contributed by atoms with Crippen LogP contribution in [0.5, 0.6) is 5.75 Å². The van der Waals surface area contributed by atoms with Crippen LogP contribution in [-0.2, 0) is 13.1 Å². The van der Waals surface area contributed by atoms with Crippen molar-refractivity contribution in [3.63, 3.8) is 0 Å². The first-order valence-corrected chi connectivity index (χ1v) is 7.43. The van der Waals surface area contributed by atoms with Crippen LogP contribution in [-0.4, -0.2) is 6.61 Å². The molecule has 0 aliphatic heterocycles. The van der Waals surface area contributed by atoms with Gasteiger partial charge in [-0.2, -0.15) is 0 Å². The Morgan fingerprint density at radius 2 is 1.86 bits per heavy atom. The van der Waals surface area contributed by atoms with Crippen molar-refractivity contribution in [3.05, 3.63) is 64.4 Å². The van der Waals surface area contributed by atoms with Crippen molar-refractivity contribution < 1.29 is 9.13 Å². The molecule has 0 bridgehead atoms. The van der Waals surface area contributed by atoms with E-state index in [4.69, 9.17) is 16.3 Å². The van der Waals surface area contributed by atoms with Crippen molar-refractivity contribution in [2.24, 2.45) is 0 Å². The minimum atomic E-state index is -0.219. The SMILES string of the molecule is CCCOc1ccc(Cl)cc1CNCc1ccc(F)cc1. The van der Waals surface area contributed by atoms with E-state index >= 15 is 0 Å². The van der Waals surface area contributed by atoms with Crippen LogP contribution in [0.1, 0.15) is 24.5 Å². The molecule has 0 heterocycles. The van der Waals surface area contributed by atoms with Crippen LogP contribution >= 0.6 is 11.6 Å². The fourth-order valence-corrected chi connectivity index (χ4v) is 2.18. The second-order valence-corrected chi connectivity index (χ2v) is 5.27. The molecule has 0 saturated heterocycles. The van der Waals surface area contributed by atoms with Crippen LogP contribution < -0.4 is 10.1 Å². The lowest BCUT2D eigenvalue weighted by molar-refractivity contribution is 0.313. The van der Waals surface area contributed by atoms with Crippen LogP contribution in [0.4, 0.5) is 4.39 Å². The van der Waals surface area contributed by atoms with Gasteiger partial charge in [0.2, 0.25) is 0 Å². The summed E-state index contributed by atoms with van der Waals surface area (Å²) in [6.45, 7) is 4.08. The Morgan fingerprint density at radius 1 is 1.10 bits per heavy atom. The minimum absolute atomic E-state index is 0.219. The van der Waals surface area contributed by atoms with Crippen LogP contribution in [0.2, 0.25) is 5.02 Å². The van der Waals surface area contributed by atoms with E-state index in [0.29, 0.717) is 24.7 Å². The Kier molecular flexibility index (Phi) is 6.03. The van der Waals surface area contributed by atoms with E-state index in [2.05, 4.69) is 12.2 Å². The molecule has 0 unspecified atom stereocenters. The Hall–Kier alpha value is -1.58. The predicted molar refractivity (Wildman–Crippen MR) is 84.2 cm³/mol. The first-order valence-electron chi connectivity index (χ1n) is 7.05. The molecule has 0 aromatic heterocycles. The molecule has 1 N–H and O–H groups in total. The second-order valence-electron chi connectivity index (χ2n) is 4.83. The molecule has 0 atom stereocenters. The van der Waals surface area contributed by atoms with E-state index in [1.807, 2.05) is 18.2 Å². The van der Waals surface area contributed by atoms with Crippen LogP contribution in [0.3, 0.4) is 0 Å². The number of rotatable bonds is 7. The summed E-state index contributed by atoms with van der Waals surface area (Å²) < 4.78 is 18.5. The molecule has 0 amide bonds. The highest BCUT2D eigenvalue weighted by molar-refractivity contribution is 6.30.